The van der Waals surface area contributed by atoms with Crippen LogP contribution in [0.1, 0.15) is 322 Å². The largest absolute Gasteiger partial charge is 0.394 e. The molecule has 1 saturated heterocycles. The maximum Gasteiger partial charge on any atom is 0.220 e. The molecule has 6 N–H and O–H groups in total. The molecule has 422 valence electrons. The van der Waals surface area contributed by atoms with Gasteiger partial charge < -0.3 is 40.3 Å². The van der Waals surface area contributed by atoms with E-state index in [0.29, 0.717) is 12.8 Å². The number of rotatable bonds is 55. The molecule has 0 aliphatic carbocycles. The monoisotopic (exact) mass is 1010 g/mol. The van der Waals surface area contributed by atoms with Gasteiger partial charge in [-0.1, -0.05) is 289 Å². The Labute approximate surface area is 439 Å². The Balaban J connectivity index is 2.00. The smallest absolute Gasteiger partial charge is 0.220 e. The molecule has 0 bridgehead atoms. The molecule has 0 aromatic rings. The van der Waals surface area contributed by atoms with Crippen LogP contribution in [0.2, 0.25) is 0 Å². The molecule has 0 radical (unpaired) electrons. The van der Waals surface area contributed by atoms with Crippen LogP contribution in [0.15, 0.2) is 12.2 Å². The summed E-state index contributed by atoms with van der Waals surface area (Å²) in [5, 5.41) is 54.5. The highest BCUT2D eigenvalue weighted by atomic mass is 16.7. The van der Waals surface area contributed by atoms with Gasteiger partial charge in [0.25, 0.3) is 0 Å². The van der Waals surface area contributed by atoms with Crippen molar-refractivity contribution in [2.45, 2.75) is 365 Å². The highest BCUT2D eigenvalue weighted by Crippen LogP contribution is 2.23. The third kappa shape index (κ3) is 41.8. The van der Waals surface area contributed by atoms with E-state index in [2.05, 4.69) is 31.3 Å². The summed E-state index contributed by atoms with van der Waals surface area (Å²) < 4.78 is 11.3. The molecule has 1 heterocycles. The molecule has 0 aromatic heterocycles. The number of carbonyl (C=O) groups excluding carboxylic acids is 1. The zero-order valence-corrected chi connectivity index (χ0v) is 47.0. The van der Waals surface area contributed by atoms with Crippen LogP contribution in [-0.4, -0.2) is 87.5 Å². The van der Waals surface area contributed by atoms with Crippen LogP contribution in [0.25, 0.3) is 0 Å². The summed E-state index contributed by atoms with van der Waals surface area (Å²) >= 11 is 0. The molecule has 0 aromatic carbocycles. The Hall–Kier alpha value is -1.07. The van der Waals surface area contributed by atoms with E-state index in [1.54, 1.807) is 0 Å². The predicted octanol–water partition coefficient (Wildman–Crippen LogP) is 16.0. The van der Waals surface area contributed by atoms with Crippen LogP contribution in [-0.2, 0) is 14.3 Å². The topological polar surface area (TPSA) is 149 Å². The fourth-order valence-electron chi connectivity index (χ4n) is 10.4. The second-order valence-electron chi connectivity index (χ2n) is 22.2. The number of carbonyl (C=O) groups is 1. The quantitative estimate of drug-likeness (QED) is 0.0261. The van der Waals surface area contributed by atoms with Crippen molar-refractivity contribution < 1.29 is 39.8 Å². The molecule has 1 amide bonds. The number of ether oxygens (including phenoxy) is 2. The van der Waals surface area contributed by atoms with E-state index < -0.39 is 49.5 Å². The van der Waals surface area contributed by atoms with E-state index in [1.807, 2.05) is 0 Å². The van der Waals surface area contributed by atoms with E-state index in [9.17, 15) is 30.3 Å². The maximum absolute atomic E-state index is 13.0. The number of hydrogen-bond donors (Lipinski definition) is 6. The number of aliphatic hydroxyl groups excluding tert-OH is 5. The lowest BCUT2D eigenvalue weighted by molar-refractivity contribution is -0.302. The first-order valence-corrected chi connectivity index (χ1v) is 31.4. The zero-order chi connectivity index (χ0) is 51.5. The summed E-state index contributed by atoms with van der Waals surface area (Å²) in [6, 6.07) is -0.713. The number of nitrogens with one attached hydrogen (secondary N) is 1. The number of amides is 1. The van der Waals surface area contributed by atoms with E-state index in [4.69, 9.17) is 9.47 Å². The second-order valence-corrected chi connectivity index (χ2v) is 22.2. The summed E-state index contributed by atoms with van der Waals surface area (Å²) in [5.74, 6) is -0.138. The average Bonchev–Trinajstić information content (AvgIpc) is 3.37. The van der Waals surface area contributed by atoms with Crippen LogP contribution in [0.4, 0.5) is 0 Å². The van der Waals surface area contributed by atoms with Crippen LogP contribution in [0, 0.1) is 0 Å². The fraction of sp³-hybridized carbons (Fsp3) is 0.952. The Morgan fingerprint density at radius 2 is 0.789 bits per heavy atom. The van der Waals surface area contributed by atoms with Crippen LogP contribution in [0.3, 0.4) is 0 Å². The van der Waals surface area contributed by atoms with Gasteiger partial charge in [-0.05, 0) is 38.5 Å². The molecule has 9 nitrogen and oxygen atoms in total. The van der Waals surface area contributed by atoms with Gasteiger partial charge in [0.05, 0.1) is 25.4 Å². The minimum atomic E-state index is -1.55. The number of hydrogen-bond acceptors (Lipinski definition) is 8. The number of unbranched alkanes of at least 4 members (excludes halogenated alkanes) is 43. The predicted molar refractivity (Wildman–Crippen MR) is 300 cm³/mol. The second kappa shape index (κ2) is 52.4. The molecular weight excluding hydrogens is 887 g/mol. The molecule has 1 fully saturated rings. The van der Waals surface area contributed by atoms with Gasteiger partial charge in [-0.3, -0.25) is 4.79 Å². The van der Waals surface area contributed by atoms with E-state index in [0.717, 1.165) is 38.5 Å². The van der Waals surface area contributed by atoms with Crippen molar-refractivity contribution in [3.05, 3.63) is 12.2 Å². The van der Waals surface area contributed by atoms with Gasteiger partial charge in [-0.25, -0.2) is 0 Å². The van der Waals surface area contributed by atoms with Gasteiger partial charge in [-0.15, -0.1) is 0 Å². The summed E-state index contributed by atoms with van der Waals surface area (Å²) in [6.07, 6.45) is 58.6. The molecule has 1 aliphatic rings. The molecule has 7 atom stereocenters. The molecule has 7 unspecified atom stereocenters. The van der Waals surface area contributed by atoms with Gasteiger partial charge in [0.1, 0.15) is 24.4 Å². The zero-order valence-electron chi connectivity index (χ0n) is 47.0. The summed E-state index contributed by atoms with van der Waals surface area (Å²) in [5.41, 5.74) is 0. The van der Waals surface area contributed by atoms with Crippen LogP contribution < -0.4 is 5.32 Å². The molecule has 0 saturated carbocycles. The van der Waals surface area contributed by atoms with Crippen molar-refractivity contribution in [3.8, 4) is 0 Å². The normalized spacial score (nSPS) is 19.2. The first-order chi connectivity index (χ1) is 34.8. The molecule has 9 heteroatoms. The lowest BCUT2D eigenvalue weighted by atomic mass is 9.99. The molecule has 0 spiro atoms. The van der Waals surface area contributed by atoms with Crippen molar-refractivity contribution in [2.24, 2.45) is 0 Å². The van der Waals surface area contributed by atoms with Gasteiger partial charge in [0.2, 0.25) is 5.91 Å². The summed E-state index contributed by atoms with van der Waals surface area (Å²) in [6.45, 7) is 3.86. The minimum Gasteiger partial charge on any atom is -0.394 e. The van der Waals surface area contributed by atoms with Gasteiger partial charge in [0, 0.05) is 6.42 Å². The van der Waals surface area contributed by atoms with Gasteiger partial charge >= 0.3 is 0 Å². The highest BCUT2D eigenvalue weighted by molar-refractivity contribution is 5.76. The first kappa shape index (κ1) is 67.9. The number of allylic oxidation sites excluding steroid dienone is 2. The third-order valence-corrected chi connectivity index (χ3v) is 15.4. The lowest BCUT2D eigenvalue weighted by Crippen LogP contribution is -2.60. The number of aliphatic hydroxyl groups is 5. The molecule has 1 rings (SSSR count). The van der Waals surface area contributed by atoms with E-state index >= 15 is 0 Å². The SMILES string of the molecule is CCCCCCCCCC/C=C\CCCCCCCCCCCCCCCCCCCCCCCCCCCC(=O)NC(COC1OC(CO)C(O)C(O)C1O)C(O)CCCCCCCCCCCCC. The lowest BCUT2D eigenvalue weighted by Gasteiger charge is -2.40. The van der Waals surface area contributed by atoms with Crippen molar-refractivity contribution in [1.29, 1.82) is 0 Å². The first-order valence-electron chi connectivity index (χ1n) is 31.4. The van der Waals surface area contributed by atoms with Crippen molar-refractivity contribution in [2.75, 3.05) is 13.2 Å². The standard InChI is InChI=1S/C62H121NO8/c1-3-5-7-9-11-13-15-16-17-18-19-20-21-22-23-24-25-26-27-28-29-30-31-32-33-34-35-36-37-38-39-40-42-44-46-48-50-52-58(66)63-55(54-70-62-61(69)60(68)59(67)57(53-64)71-62)56(65)51-49-47-45-43-41-14-12-10-8-6-4-2/h18-19,55-57,59-62,64-65,67-69H,3-17,20-54H2,1-2H3,(H,63,66)/b19-18-. The Morgan fingerprint density at radius 3 is 1.14 bits per heavy atom. The van der Waals surface area contributed by atoms with Crippen LogP contribution >= 0.6 is 0 Å². The van der Waals surface area contributed by atoms with E-state index in [1.165, 1.54) is 257 Å². The summed E-state index contributed by atoms with van der Waals surface area (Å²) in [4.78, 5) is 13.0. The maximum atomic E-state index is 13.0. The van der Waals surface area contributed by atoms with Crippen LogP contribution in [0.5, 0.6) is 0 Å². The molecule has 1 aliphatic heterocycles. The average molecular weight is 1010 g/mol. The van der Waals surface area contributed by atoms with Crippen molar-refractivity contribution in [1.82, 2.24) is 5.32 Å². The highest BCUT2D eigenvalue weighted by Gasteiger charge is 2.44. The Kier molecular flexibility index (Phi) is 50.1. The fourth-order valence-corrected chi connectivity index (χ4v) is 10.4. The van der Waals surface area contributed by atoms with E-state index in [-0.39, 0.29) is 12.5 Å². The van der Waals surface area contributed by atoms with Gasteiger partial charge in [-0.2, -0.15) is 0 Å². The molecular formula is C62H121NO8. The minimum absolute atomic E-state index is 0.133. The Bertz CT molecular complexity index is 1120. The Morgan fingerprint density at radius 1 is 0.465 bits per heavy atom. The van der Waals surface area contributed by atoms with Crippen molar-refractivity contribution in [3.63, 3.8) is 0 Å². The molecule has 71 heavy (non-hydrogen) atoms. The third-order valence-electron chi connectivity index (χ3n) is 15.4. The summed E-state index contributed by atoms with van der Waals surface area (Å²) in [7, 11) is 0. The van der Waals surface area contributed by atoms with Crippen molar-refractivity contribution >= 4 is 5.91 Å². The van der Waals surface area contributed by atoms with Gasteiger partial charge in [0.15, 0.2) is 6.29 Å².